The van der Waals surface area contributed by atoms with E-state index in [1.54, 1.807) is 6.20 Å². The number of aromatic nitrogens is 4. The average Bonchev–Trinajstić information content (AvgIpc) is 3.33. The van der Waals surface area contributed by atoms with Crippen molar-refractivity contribution in [3.63, 3.8) is 0 Å². The number of hydrogen-bond donors (Lipinski definition) is 0. The van der Waals surface area contributed by atoms with Crippen molar-refractivity contribution in [1.82, 2.24) is 19.5 Å². The summed E-state index contributed by atoms with van der Waals surface area (Å²) in [6.07, 6.45) is 6.97. The van der Waals surface area contributed by atoms with E-state index in [0.29, 0.717) is 11.8 Å². The predicted molar refractivity (Wildman–Crippen MR) is 111 cm³/mol. The predicted octanol–water partition coefficient (Wildman–Crippen LogP) is 5.15. The van der Waals surface area contributed by atoms with Crippen LogP contribution >= 0.6 is 27.5 Å². The summed E-state index contributed by atoms with van der Waals surface area (Å²) >= 11 is 9.58. The zero-order chi connectivity index (χ0) is 19.1. The first-order valence-corrected chi connectivity index (χ1v) is 10.1. The molecule has 2 atom stereocenters. The third-order valence-corrected chi connectivity index (χ3v) is 5.65. The molecule has 142 valence electrons. The summed E-state index contributed by atoms with van der Waals surface area (Å²) in [7, 11) is 0. The summed E-state index contributed by atoms with van der Waals surface area (Å²) in [6.45, 7) is 0.494. The molecule has 5 rings (SSSR count). The Morgan fingerprint density at radius 3 is 3.04 bits per heavy atom. The molecular formula is C20H16BrClN4O2. The van der Waals surface area contributed by atoms with Gasteiger partial charge in [0.15, 0.2) is 0 Å². The minimum Gasteiger partial charge on any atom is -0.491 e. The number of fused-ring (bicyclic) bond motifs is 2. The Bertz CT molecular complexity index is 1170. The summed E-state index contributed by atoms with van der Waals surface area (Å²) < 4.78 is 15.1. The Labute approximate surface area is 174 Å². The Balaban J connectivity index is 1.26. The number of nitrogens with zero attached hydrogens (tertiary/aromatic N) is 4. The van der Waals surface area contributed by atoms with Crippen LogP contribution in [0.1, 0.15) is 19.1 Å². The highest BCUT2D eigenvalue weighted by Gasteiger charge is 2.28. The highest BCUT2D eigenvalue weighted by Crippen LogP contribution is 2.32. The fraction of sp³-hybridized carbons (Fsp3) is 0.250. The van der Waals surface area contributed by atoms with E-state index < -0.39 is 0 Å². The van der Waals surface area contributed by atoms with Crippen LogP contribution in [-0.2, 0) is 4.74 Å². The second-order valence-electron chi connectivity index (χ2n) is 6.73. The SMILES string of the molecule is Clc1ncnc2c1ccn2C1CCC(COc2ccc3cc(Br)cnc3c2)O1. The average molecular weight is 460 g/mol. The topological polar surface area (TPSA) is 62.1 Å². The molecule has 6 nitrogen and oxygen atoms in total. The highest BCUT2D eigenvalue weighted by atomic mass is 79.9. The standard InChI is InChI=1S/C20H16BrClN4O2/c21-13-7-12-1-2-14(8-17(12)23-9-13)27-10-15-3-4-18(28-15)26-6-5-16-19(22)24-11-25-20(16)26/h1-2,5-9,11,15,18H,3-4,10H2. The molecule has 1 aromatic carbocycles. The van der Waals surface area contributed by atoms with E-state index in [1.807, 2.05) is 41.1 Å². The molecule has 0 radical (unpaired) electrons. The van der Waals surface area contributed by atoms with Gasteiger partial charge in [0.1, 0.15) is 35.7 Å². The van der Waals surface area contributed by atoms with Crippen molar-refractivity contribution >= 4 is 49.5 Å². The molecule has 2 unspecified atom stereocenters. The Hall–Kier alpha value is -2.22. The van der Waals surface area contributed by atoms with Crippen molar-refractivity contribution in [2.75, 3.05) is 6.61 Å². The third-order valence-electron chi connectivity index (χ3n) is 4.91. The molecule has 28 heavy (non-hydrogen) atoms. The number of ether oxygens (including phenoxy) is 2. The van der Waals surface area contributed by atoms with Crippen LogP contribution in [0.25, 0.3) is 21.9 Å². The molecule has 4 aromatic rings. The van der Waals surface area contributed by atoms with E-state index in [4.69, 9.17) is 21.1 Å². The van der Waals surface area contributed by atoms with Crippen molar-refractivity contribution in [3.05, 3.63) is 58.7 Å². The van der Waals surface area contributed by atoms with Crippen molar-refractivity contribution in [1.29, 1.82) is 0 Å². The molecule has 0 saturated carbocycles. The lowest BCUT2D eigenvalue weighted by atomic mass is 10.2. The molecule has 1 saturated heterocycles. The second kappa shape index (κ2) is 7.31. The van der Waals surface area contributed by atoms with Gasteiger partial charge < -0.3 is 14.0 Å². The minimum atomic E-state index is -0.0762. The van der Waals surface area contributed by atoms with Crippen molar-refractivity contribution < 1.29 is 9.47 Å². The largest absolute Gasteiger partial charge is 0.491 e. The van der Waals surface area contributed by atoms with Gasteiger partial charge in [-0.25, -0.2) is 9.97 Å². The summed E-state index contributed by atoms with van der Waals surface area (Å²) in [5.74, 6) is 0.792. The van der Waals surface area contributed by atoms with Gasteiger partial charge in [0, 0.05) is 28.3 Å². The molecule has 0 aliphatic carbocycles. The van der Waals surface area contributed by atoms with Crippen molar-refractivity contribution in [2.45, 2.75) is 25.2 Å². The van der Waals surface area contributed by atoms with Crippen LogP contribution in [0.3, 0.4) is 0 Å². The van der Waals surface area contributed by atoms with Crippen LogP contribution in [-0.4, -0.2) is 32.2 Å². The lowest BCUT2D eigenvalue weighted by Gasteiger charge is -2.16. The molecule has 1 aliphatic rings. The van der Waals surface area contributed by atoms with E-state index in [-0.39, 0.29) is 12.3 Å². The minimum absolute atomic E-state index is 0.0216. The molecule has 0 bridgehead atoms. The van der Waals surface area contributed by atoms with Crippen LogP contribution < -0.4 is 4.74 Å². The van der Waals surface area contributed by atoms with Crippen molar-refractivity contribution in [3.8, 4) is 5.75 Å². The fourth-order valence-electron chi connectivity index (χ4n) is 3.54. The normalized spacial score (nSPS) is 19.5. The summed E-state index contributed by atoms with van der Waals surface area (Å²) in [4.78, 5) is 12.8. The number of benzene rings is 1. The smallest absolute Gasteiger partial charge is 0.146 e. The van der Waals surface area contributed by atoms with Gasteiger partial charge in [-0.2, -0.15) is 0 Å². The molecule has 4 heterocycles. The summed E-state index contributed by atoms with van der Waals surface area (Å²) in [5, 5.41) is 2.36. The lowest BCUT2D eigenvalue weighted by molar-refractivity contribution is -0.0156. The zero-order valence-electron chi connectivity index (χ0n) is 14.8. The first kappa shape index (κ1) is 17.8. The third kappa shape index (κ3) is 3.34. The van der Waals surface area contributed by atoms with Gasteiger partial charge in [-0.3, -0.25) is 4.98 Å². The van der Waals surface area contributed by atoms with E-state index in [9.17, 15) is 0 Å². The maximum Gasteiger partial charge on any atom is 0.146 e. The molecule has 0 amide bonds. The van der Waals surface area contributed by atoms with Crippen LogP contribution in [0, 0.1) is 0 Å². The maximum atomic E-state index is 6.19. The Morgan fingerprint density at radius 2 is 2.11 bits per heavy atom. The number of halogens is 2. The van der Waals surface area contributed by atoms with E-state index in [0.717, 1.165) is 45.0 Å². The van der Waals surface area contributed by atoms with Crippen LogP contribution in [0.5, 0.6) is 5.75 Å². The van der Waals surface area contributed by atoms with Crippen molar-refractivity contribution in [2.24, 2.45) is 0 Å². The van der Waals surface area contributed by atoms with Gasteiger partial charge in [-0.05, 0) is 53.0 Å². The summed E-state index contributed by atoms with van der Waals surface area (Å²) in [6, 6.07) is 9.88. The lowest BCUT2D eigenvalue weighted by Crippen LogP contribution is -2.18. The van der Waals surface area contributed by atoms with Gasteiger partial charge in [0.25, 0.3) is 0 Å². The number of hydrogen-bond acceptors (Lipinski definition) is 5. The molecule has 0 spiro atoms. The molecule has 8 heteroatoms. The second-order valence-corrected chi connectivity index (χ2v) is 8.01. The van der Waals surface area contributed by atoms with Crippen LogP contribution in [0.4, 0.5) is 0 Å². The van der Waals surface area contributed by atoms with Crippen LogP contribution in [0.15, 0.2) is 53.5 Å². The first-order chi connectivity index (χ1) is 13.7. The number of pyridine rings is 1. The first-order valence-electron chi connectivity index (χ1n) is 8.98. The van der Waals surface area contributed by atoms with Crippen LogP contribution in [0.2, 0.25) is 5.15 Å². The Kier molecular flexibility index (Phi) is 4.66. The van der Waals surface area contributed by atoms with Gasteiger partial charge in [0.05, 0.1) is 17.0 Å². The van der Waals surface area contributed by atoms with Gasteiger partial charge in [-0.1, -0.05) is 11.6 Å². The molecule has 0 N–H and O–H groups in total. The zero-order valence-corrected chi connectivity index (χ0v) is 17.1. The molecule has 1 fully saturated rings. The maximum absolute atomic E-state index is 6.19. The van der Waals surface area contributed by atoms with E-state index in [2.05, 4.69) is 30.9 Å². The van der Waals surface area contributed by atoms with E-state index in [1.165, 1.54) is 6.33 Å². The highest BCUT2D eigenvalue weighted by molar-refractivity contribution is 9.10. The molecular weight excluding hydrogens is 444 g/mol. The monoisotopic (exact) mass is 458 g/mol. The van der Waals surface area contributed by atoms with Gasteiger partial charge >= 0.3 is 0 Å². The Morgan fingerprint density at radius 1 is 1.18 bits per heavy atom. The fourth-order valence-corrected chi connectivity index (χ4v) is 4.08. The van der Waals surface area contributed by atoms with E-state index >= 15 is 0 Å². The number of rotatable bonds is 4. The molecule has 3 aromatic heterocycles. The summed E-state index contributed by atoms with van der Waals surface area (Å²) in [5.41, 5.74) is 1.69. The van der Waals surface area contributed by atoms with Gasteiger partial charge in [-0.15, -0.1) is 0 Å². The van der Waals surface area contributed by atoms with Gasteiger partial charge in [0.2, 0.25) is 0 Å². The quantitative estimate of drug-likeness (QED) is 0.395. The molecule has 1 aliphatic heterocycles.